The maximum Gasteiger partial charge on any atom is 0.129 e. The molecule has 0 N–H and O–H groups in total. The Hall–Kier alpha value is -5.29. The van der Waals surface area contributed by atoms with Gasteiger partial charge in [-0.25, -0.2) is 4.68 Å². The molecule has 5 aromatic carbocycles. The third-order valence-corrected chi connectivity index (χ3v) is 11.8. The van der Waals surface area contributed by atoms with Gasteiger partial charge >= 0.3 is 0 Å². The van der Waals surface area contributed by atoms with Crippen molar-refractivity contribution in [1.82, 2.24) is 9.78 Å². The smallest absolute Gasteiger partial charge is 0.129 e. The summed E-state index contributed by atoms with van der Waals surface area (Å²) in [6.45, 7) is 32.6. The molecule has 0 amide bonds. The zero-order valence-corrected chi connectivity index (χ0v) is 37.5. The van der Waals surface area contributed by atoms with Gasteiger partial charge in [0.2, 0.25) is 0 Å². The number of nitrogens with zero attached hydrogens (tertiary/aromatic N) is 4. The summed E-state index contributed by atoms with van der Waals surface area (Å²) in [4.78, 5) is 4.91. The third kappa shape index (κ3) is 8.32. The number of fused-ring (bicyclic) bond motifs is 1. The molecule has 5 heteroatoms. The second-order valence-electron chi connectivity index (χ2n) is 21.0. The Bertz CT molecular complexity index is 2390. The second-order valence-corrected chi connectivity index (χ2v) is 21.0. The molecule has 302 valence electrons. The molecule has 1 aliphatic heterocycles. The highest BCUT2D eigenvalue weighted by Crippen LogP contribution is 2.47. The quantitative estimate of drug-likeness (QED) is 0.162. The first-order chi connectivity index (χ1) is 27.0. The lowest BCUT2D eigenvalue weighted by atomic mass is 9.80. The molecule has 0 bridgehead atoms. The Morgan fingerprint density at radius 1 is 0.431 bits per heavy atom. The third-order valence-electron chi connectivity index (χ3n) is 11.8. The van der Waals surface area contributed by atoms with Crippen LogP contribution < -0.4 is 14.5 Å². The van der Waals surface area contributed by atoms with Crippen molar-refractivity contribution < 1.29 is 4.74 Å². The zero-order valence-electron chi connectivity index (χ0n) is 37.5. The van der Waals surface area contributed by atoms with E-state index in [2.05, 4.69) is 222 Å². The monoisotopic (exact) mass is 773 g/mol. The van der Waals surface area contributed by atoms with Crippen molar-refractivity contribution in [3.05, 3.63) is 155 Å². The number of ether oxygens (including phenoxy) is 1. The predicted octanol–water partition coefficient (Wildman–Crippen LogP) is 14.4. The molecule has 58 heavy (non-hydrogen) atoms. The van der Waals surface area contributed by atoms with Crippen LogP contribution >= 0.6 is 0 Å². The summed E-state index contributed by atoms with van der Waals surface area (Å²) in [5.74, 6) is 1.60. The van der Waals surface area contributed by atoms with Gasteiger partial charge in [0.1, 0.15) is 18.2 Å². The van der Waals surface area contributed by atoms with E-state index in [1.807, 2.05) is 10.9 Å². The highest BCUT2D eigenvalue weighted by molar-refractivity contribution is 5.87. The van der Waals surface area contributed by atoms with Crippen LogP contribution in [0.2, 0.25) is 0 Å². The molecular formula is C53H64N4O. The summed E-state index contributed by atoms with van der Waals surface area (Å²) in [6, 6.07) is 39.9. The Morgan fingerprint density at radius 3 is 1.33 bits per heavy atom. The van der Waals surface area contributed by atoms with Gasteiger partial charge in [0, 0.05) is 40.7 Å². The number of hydrogen-bond acceptors (Lipinski definition) is 4. The van der Waals surface area contributed by atoms with Gasteiger partial charge in [-0.1, -0.05) is 145 Å². The largest absolute Gasteiger partial charge is 0.457 e. The van der Waals surface area contributed by atoms with Crippen LogP contribution in [0.1, 0.15) is 130 Å². The van der Waals surface area contributed by atoms with E-state index in [4.69, 9.17) is 9.84 Å². The molecule has 0 atom stereocenters. The first-order valence-corrected chi connectivity index (χ1v) is 20.9. The Kier molecular flexibility index (Phi) is 10.2. The van der Waals surface area contributed by atoms with E-state index in [0.717, 1.165) is 28.4 Å². The summed E-state index contributed by atoms with van der Waals surface area (Å²) < 4.78 is 8.97. The highest BCUT2D eigenvalue weighted by Gasteiger charge is 2.32. The van der Waals surface area contributed by atoms with Crippen molar-refractivity contribution in [2.45, 2.75) is 124 Å². The predicted molar refractivity (Wildman–Crippen MR) is 245 cm³/mol. The molecule has 0 unspecified atom stereocenters. The van der Waals surface area contributed by atoms with Gasteiger partial charge in [0.05, 0.1) is 23.3 Å². The molecular weight excluding hydrogens is 709 g/mol. The molecule has 7 rings (SSSR count). The van der Waals surface area contributed by atoms with Crippen molar-refractivity contribution in [2.75, 3.05) is 16.5 Å². The molecule has 0 radical (unpaired) electrons. The fourth-order valence-electron chi connectivity index (χ4n) is 7.67. The lowest BCUT2D eigenvalue weighted by molar-refractivity contribution is 0.474. The van der Waals surface area contributed by atoms with Crippen LogP contribution in [0.4, 0.5) is 22.7 Å². The van der Waals surface area contributed by atoms with Gasteiger partial charge in [0.25, 0.3) is 0 Å². The SMILES string of the molecule is CC(C)(C)c1cc(Oc2cc(-n3cc(C(C)(C)c4ccccc4)cn3)cc(C(C)(C)C)c2)cc(N2CN(c3cc(C(C)(C)C)cc(C(C)(C)C)c3)c3ccccc32)c1. The summed E-state index contributed by atoms with van der Waals surface area (Å²) in [6.07, 6.45) is 4.16. The minimum atomic E-state index is -0.196. The van der Waals surface area contributed by atoms with Crippen LogP contribution in [0.3, 0.4) is 0 Å². The number of benzene rings is 5. The van der Waals surface area contributed by atoms with Crippen molar-refractivity contribution >= 4 is 22.7 Å². The summed E-state index contributed by atoms with van der Waals surface area (Å²) in [5, 5.41) is 4.90. The average molecular weight is 773 g/mol. The van der Waals surface area contributed by atoms with Crippen LogP contribution in [0, 0.1) is 0 Å². The van der Waals surface area contributed by atoms with Crippen LogP contribution in [0.5, 0.6) is 11.5 Å². The standard InChI is InChI=1S/C53H64N4O/c1-49(2,3)37-24-38(50(4,5)6)26-42(25-37)55-35-56(48-23-19-18-22-47(48)55)43-27-39(51(7,8)9)29-45(31-43)58-46-30-40(52(10,11)12)28-44(32-46)57-34-41(33-54-57)53(13,14)36-20-16-15-17-21-36/h15-34H,35H2,1-14H3. The zero-order chi connectivity index (χ0) is 42.0. The topological polar surface area (TPSA) is 33.5 Å². The number of hydrogen-bond donors (Lipinski definition) is 0. The average Bonchev–Trinajstić information content (AvgIpc) is 3.80. The molecule has 2 heterocycles. The van der Waals surface area contributed by atoms with Crippen LogP contribution in [0.25, 0.3) is 5.69 Å². The molecule has 0 aliphatic carbocycles. The molecule has 6 aromatic rings. The van der Waals surface area contributed by atoms with Crippen LogP contribution in [-0.2, 0) is 27.1 Å². The van der Waals surface area contributed by atoms with E-state index in [0.29, 0.717) is 6.67 Å². The molecule has 0 spiro atoms. The van der Waals surface area contributed by atoms with Crippen molar-refractivity contribution in [3.63, 3.8) is 0 Å². The summed E-state index contributed by atoms with van der Waals surface area (Å²) in [5.41, 5.74) is 12.8. The minimum absolute atomic E-state index is 0.0187. The number of aromatic nitrogens is 2. The first kappa shape index (κ1) is 40.9. The van der Waals surface area contributed by atoms with Gasteiger partial charge in [-0.2, -0.15) is 5.10 Å². The molecule has 0 saturated heterocycles. The van der Waals surface area contributed by atoms with E-state index in [1.165, 1.54) is 44.9 Å². The number of anilines is 4. The maximum absolute atomic E-state index is 6.98. The number of para-hydroxylation sites is 2. The van der Waals surface area contributed by atoms with E-state index in [1.54, 1.807) is 0 Å². The Morgan fingerprint density at radius 2 is 0.845 bits per heavy atom. The fourth-order valence-corrected chi connectivity index (χ4v) is 7.67. The van der Waals surface area contributed by atoms with Crippen LogP contribution in [-0.4, -0.2) is 16.4 Å². The van der Waals surface area contributed by atoms with E-state index >= 15 is 0 Å². The molecule has 0 saturated carbocycles. The van der Waals surface area contributed by atoms with E-state index in [-0.39, 0.29) is 27.1 Å². The van der Waals surface area contributed by atoms with Gasteiger partial charge in [-0.15, -0.1) is 0 Å². The van der Waals surface area contributed by atoms with Gasteiger partial charge < -0.3 is 14.5 Å². The van der Waals surface area contributed by atoms with Crippen molar-refractivity contribution in [3.8, 4) is 17.2 Å². The Labute approximate surface area is 348 Å². The van der Waals surface area contributed by atoms with Crippen LogP contribution in [0.15, 0.2) is 122 Å². The summed E-state index contributed by atoms with van der Waals surface area (Å²) in [7, 11) is 0. The molecule has 1 aliphatic rings. The van der Waals surface area contributed by atoms with Crippen molar-refractivity contribution in [1.29, 1.82) is 0 Å². The number of rotatable bonds is 7. The maximum atomic E-state index is 6.98. The van der Waals surface area contributed by atoms with Gasteiger partial charge in [0.15, 0.2) is 0 Å². The molecule has 1 aromatic heterocycles. The van der Waals surface area contributed by atoms with Gasteiger partial charge in [-0.05, 0) is 98.0 Å². The first-order valence-electron chi connectivity index (χ1n) is 20.9. The van der Waals surface area contributed by atoms with E-state index in [9.17, 15) is 0 Å². The fraction of sp³-hybridized carbons (Fsp3) is 0.377. The molecule has 0 fully saturated rings. The minimum Gasteiger partial charge on any atom is -0.457 e. The Balaban J connectivity index is 1.29. The van der Waals surface area contributed by atoms with E-state index < -0.39 is 0 Å². The highest BCUT2D eigenvalue weighted by atomic mass is 16.5. The molecule has 5 nitrogen and oxygen atoms in total. The summed E-state index contributed by atoms with van der Waals surface area (Å²) >= 11 is 0. The normalized spacial score (nSPS) is 13.9. The van der Waals surface area contributed by atoms with Crippen molar-refractivity contribution in [2.24, 2.45) is 0 Å². The lowest BCUT2D eigenvalue weighted by Gasteiger charge is -2.30. The van der Waals surface area contributed by atoms with Gasteiger partial charge in [-0.3, -0.25) is 0 Å². The second kappa shape index (κ2) is 14.5. The lowest BCUT2D eigenvalue weighted by Crippen LogP contribution is -2.26.